The van der Waals surface area contributed by atoms with Crippen molar-refractivity contribution in [2.45, 2.75) is 0 Å². The molecule has 0 fully saturated rings. The Morgan fingerprint density at radius 3 is 2.67 bits per heavy atom. The van der Waals surface area contributed by atoms with Crippen LogP contribution in [-0.2, 0) is 0 Å². The molecule has 0 aliphatic heterocycles. The summed E-state index contributed by atoms with van der Waals surface area (Å²) in [6.45, 7) is 0. The number of hydrogen-bond acceptors (Lipinski definition) is 2. The summed E-state index contributed by atoms with van der Waals surface area (Å²) in [4.78, 5) is 8.00. The third-order valence-electron chi connectivity index (χ3n) is 1.60. The molecule has 0 atom stereocenters. The lowest BCUT2D eigenvalue weighted by Crippen LogP contribution is -1.79. The van der Waals surface area contributed by atoms with E-state index in [0.29, 0.717) is 0 Å². The van der Waals surface area contributed by atoms with Crippen LogP contribution in [0.4, 0.5) is 0 Å². The number of hydrogen-bond donors (Lipinski definition) is 0. The van der Waals surface area contributed by atoms with E-state index in [1.54, 1.807) is 18.6 Å². The Bertz CT molecular complexity index is 305. The van der Waals surface area contributed by atoms with Gasteiger partial charge in [0.25, 0.3) is 0 Å². The molecular formula is C10H7N2. The standard InChI is InChI=1S/C10H7N2/c1-3-9(7-11-5-1)10-4-2-6-12-8-10/h1,3-8H. The predicted octanol–water partition coefficient (Wildman–Crippen LogP) is 1.94. The Morgan fingerprint density at radius 2 is 2.00 bits per heavy atom. The maximum Gasteiger partial charge on any atom is 0.0347 e. The van der Waals surface area contributed by atoms with Crippen LogP contribution >= 0.6 is 0 Å². The van der Waals surface area contributed by atoms with Crippen molar-refractivity contribution in [1.82, 2.24) is 9.97 Å². The fraction of sp³-hybridized carbons (Fsp3) is 0. The summed E-state index contributed by atoms with van der Waals surface area (Å²) in [6, 6.07) is 8.72. The van der Waals surface area contributed by atoms with Gasteiger partial charge in [0, 0.05) is 42.0 Å². The minimum Gasteiger partial charge on any atom is -0.264 e. The average Bonchev–Trinajstić information content (AvgIpc) is 2.21. The Hall–Kier alpha value is -1.70. The Labute approximate surface area is 70.9 Å². The van der Waals surface area contributed by atoms with Gasteiger partial charge in [-0.15, -0.1) is 0 Å². The number of nitrogens with zero attached hydrogens (tertiary/aromatic N) is 2. The topological polar surface area (TPSA) is 25.8 Å². The third kappa shape index (κ3) is 1.32. The van der Waals surface area contributed by atoms with Crippen molar-refractivity contribution in [2.75, 3.05) is 0 Å². The minimum absolute atomic E-state index is 1.05. The summed E-state index contributed by atoms with van der Waals surface area (Å²) in [5.74, 6) is 0. The first-order chi connectivity index (χ1) is 5.97. The van der Waals surface area contributed by atoms with Crippen LogP contribution in [0.5, 0.6) is 0 Å². The molecular weight excluding hydrogens is 148 g/mol. The van der Waals surface area contributed by atoms with Gasteiger partial charge in [-0.2, -0.15) is 0 Å². The quantitative estimate of drug-likeness (QED) is 0.629. The normalized spacial score (nSPS) is 9.67. The lowest BCUT2D eigenvalue weighted by molar-refractivity contribution is 1.29. The molecule has 0 spiro atoms. The Balaban J connectivity index is 2.46. The molecule has 0 aliphatic rings. The molecule has 0 unspecified atom stereocenters. The van der Waals surface area contributed by atoms with Crippen LogP contribution in [0.25, 0.3) is 11.1 Å². The first-order valence-electron chi connectivity index (χ1n) is 3.68. The average molecular weight is 155 g/mol. The summed E-state index contributed by atoms with van der Waals surface area (Å²) in [7, 11) is 0. The summed E-state index contributed by atoms with van der Waals surface area (Å²) < 4.78 is 0. The zero-order valence-corrected chi connectivity index (χ0v) is 6.44. The highest BCUT2D eigenvalue weighted by atomic mass is 14.6. The maximum atomic E-state index is 4.02. The van der Waals surface area contributed by atoms with Crippen molar-refractivity contribution in [1.29, 1.82) is 0 Å². The first kappa shape index (κ1) is 6.98. The zero-order chi connectivity index (χ0) is 8.23. The van der Waals surface area contributed by atoms with E-state index in [2.05, 4.69) is 16.0 Å². The van der Waals surface area contributed by atoms with Gasteiger partial charge in [0.15, 0.2) is 0 Å². The van der Waals surface area contributed by atoms with Gasteiger partial charge in [-0.25, -0.2) is 0 Å². The smallest absolute Gasteiger partial charge is 0.0347 e. The molecule has 2 heterocycles. The van der Waals surface area contributed by atoms with E-state index in [1.165, 1.54) is 0 Å². The lowest BCUT2D eigenvalue weighted by atomic mass is 10.1. The van der Waals surface area contributed by atoms with Gasteiger partial charge in [0.2, 0.25) is 0 Å². The van der Waals surface area contributed by atoms with E-state index in [1.807, 2.05) is 24.4 Å². The van der Waals surface area contributed by atoms with Gasteiger partial charge in [0.05, 0.1) is 0 Å². The number of pyridine rings is 2. The highest BCUT2D eigenvalue weighted by Crippen LogP contribution is 2.14. The SMILES string of the molecule is [c]1cncc(-c2cccnc2)c1. The minimum atomic E-state index is 1.05. The molecule has 2 aromatic heterocycles. The molecule has 2 heteroatoms. The molecule has 2 nitrogen and oxygen atoms in total. The maximum absolute atomic E-state index is 4.02. The molecule has 0 saturated heterocycles. The van der Waals surface area contributed by atoms with Gasteiger partial charge in [-0.3, -0.25) is 9.97 Å². The van der Waals surface area contributed by atoms with Gasteiger partial charge < -0.3 is 0 Å². The molecule has 0 N–H and O–H groups in total. The highest BCUT2D eigenvalue weighted by Gasteiger charge is 1.93. The third-order valence-corrected chi connectivity index (χ3v) is 1.60. The van der Waals surface area contributed by atoms with E-state index in [0.717, 1.165) is 11.1 Å². The highest BCUT2D eigenvalue weighted by molar-refractivity contribution is 5.60. The van der Waals surface area contributed by atoms with E-state index in [-0.39, 0.29) is 0 Å². The fourth-order valence-corrected chi connectivity index (χ4v) is 1.02. The molecule has 0 bridgehead atoms. The number of aromatic nitrogens is 2. The van der Waals surface area contributed by atoms with Crippen LogP contribution in [0.2, 0.25) is 0 Å². The molecule has 2 aromatic rings. The fourth-order valence-electron chi connectivity index (χ4n) is 1.02. The molecule has 0 amide bonds. The summed E-state index contributed by atoms with van der Waals surface area (Å²) in [5, 5.41) is 0. The van der Waals surface area contributed by atoms with Crippen molar-refractivity contribution in [3.8, 4) is 11.1 Å². The summed E-state index contributed by atoms with van der Waals surface area (Å²) in [5.41, 5.74) is 2.12. The molecule has 0 aliphatic carbocycles. The second-order valence-electron chi connectivity index (χ2n) is 2.42. The number of rotatable bonds is 1. The van der Waals surface area contributed by atoms with Gasteiger partial charge in [-0.1, -0.05) is 6.07 Å². The lowest BCUT2D eigenvalue weighted by Gasteiger charge is -1.96. The molecule has 0 saturated carbocycles. The predicted molar refractivity (Wildman–Crippen MR) is 46.3 cm³/mol. The summed E-state index contributed by atoms with van der Waals surface area (Å²) in [6.07, 6.45) is 7.00. The molecule has 0 aromatic carbocycles. The van der Waals surface area contributed by atoms with Crippen LogP contribution in [0, 0.1) is 6.07 Å². The van der Waals surface area contributed by atoms with Gasteiger partial charge >= 0.3 is 0 Å². The summed E-state index contributed by atoms with van der Waals surface area (Å²) >= 11 is 0. The van der Waals surface area contributed by atoms with Crippen LogP contribution in [0.1, 0.15) is 0 Å². The van der Waals surface area contributed by atoms with Crippen molar-refractivity contribution in [3.05, 3.63) is 49.1 Å². The van der Waals surface area contributed by atoms with Crippen LogP contribution < -0.4 is 0 Å². The van der Waals surface area contributed by atoms with Crippen molar-refractivity contribution in [2.24, 2.45) is 0 Å². The van der Waals surface area contributed by atoms with E-state index in [9.17, 15) is 0 Å². The van der Waals surface area contributed by atoms with Gasteiger partial charge in [-0.05, 0) is 12.1 Å². The monoisotopic (exact) mass is 155 g/mol. The largest absolute Gasteiger partial charge is 0.264 e. The zero-order valence-electron chi connectivity index (χ0n) is 6.44. The Morgan fingerprint density at radius 1 is 1.08 bits per heavy atom. The second-order valence-corrected chi connectivity index (χ2v) is 2.42. The van der Waals surface area contributed by atoms with E-state index >= 15 is 0 Å². The van der Waals surface area contributed by atoms with E-state index < -0.39 is 0 Å². The van der Waals surface area contributed by atoms with E-state index in [4.69, 9.17) is 0 Å². The van der Waals surface area contributed by atoms with Gasteiger partial charge in [0.1, 0.15) is 0 Å². The van der Waals surface area contributed by atoms with Crippen LogP contribution in [0.3, 0.4) is 0 Å². The van der Waals surface area contributed by atoms with Crippen LogP contribution in [-0.4, -0.2) is 9.97 Å². The molecule has 12 heavy (non-hydrogen) atoms. The van der Waals surface area contributed by atoms with Crippen molar-refractivity contribution < 1.29 is 0 Å². The Kier molecular flexibility index (Phi) is 1.82. The molecule has 57 valence electrons. The molecule has 1 radical (unpaired) electrons. The second kappa shape index (κ2) is 3.13. The molecule has 2 rings (SSSR count). The van der Waals surface area contributed by atoms with Crippen molar-refractivity contribution in [3.63, 3.8) is 0 Å². The first-order valence-corrected chi connectivity index (χ1v) is 3.68. The van der Waals surface area contributed by atoms with Crippen molar-refractivity contribution >= 4 is 0 Å². The van der Waals surface area contributed by atoms with Crippen LogP contribution in [0.15, 0.2) is 43.0 Å².